The molecule has 1 atom stereocenters. The van der Waals surface area contributed by atoms with E-state index in [1.54, 1.807) is 0 Å². The van der Waals surface area contributed by atoms with Gasteiger partial charge in [-0.1, -0.05) is 18.4 Å². The monoisotopic (exact) mass is 198 g/mol. The second-order valence-electron chi connectivity index (χ2n) is 4.38. The van der Waals surface area contributed by atoms with Gasteiger partial charge in [0, 0.05) is 6.61 Å². The van der Waals surface area contributed by atoms with Crippen molar-refractivity contribution in [2.24, 2.45) is 0 Å². The number of rotatable bonds is 5. The van der Waals surface area contributed by atoms with Gasteiger partial charge in [-0.2, -0.15) is 0 Å². The summed E-state index contributed by atoms with van der Waals surface area (Å²) in [5.41, 5.74) is 0.761. The largest absolute Gasteiger partial charge is 0.390 e. The molecule has 0 aromatic heterocycles. The Bertz CT molecular complexity index is 192. The lowest BCUT2D eigenvalue weighted by atomic mass is 9.90. The molecule has 0 spiro atoms. The first-order valence-corrected chi connectivity index (χ1v) is 5.57. The molecule has 0 heterocycles. The zero-order valence-corrected chi connectivity index (χ0v) is 9.38. The number of hydrogen-bond donors (Lipinski definition) is 1. The van der Waals surface area contributed by atoms with Crippen LogP contribution < -0.4 is 0 Å². The van der Waals surface area contributed by atoms with Gasteiger partial charge in [-0.15, -0.1) is 6.58 Å². The second-order valence-corrected chi connectivity index (χ2v) is 4.38. The van der Waals surface area contributed by atoms with Crippen molar-refractivity contribution < 1.29 is 9.84 Å². The van der Waals surface area contributed by atoms with E-state index < -0.39 is 0 Å². The van der Waals surface area contributed by atoms with Crippen molar-refractivity contribution in [2.45, 2.75) is 57.7 Å². The maximum Gasteiger partial charge on any atom is 0.0943 e. The first kappa shape index (κ1) is 11.7. The Balaban J connectivity index is 2.61. The van der Waals surface area contributed by atoms with Crippen LogP contribution in [0.25, 0.3) is 0 Å². The Kier molecular flexibility index (Phi) is 4.14. The Morgan fingerprint density at radius 3 is 2.50 bits per heavy atom. The fraction of sp³-hybridized carbons (Fsp3) is 0.833. The predicted molar refractivity (Wildman–Crippen MR) is 58.3 cm³/mol. The van der Waals surface area contributed by atoms with Crippen LogP contribution >= 0.6 is 0 Å². The molecular formula is C12H22O2. The number of aliphatic hydroxyl groups excluding tert-OH is 1. The minimum absolute atomic E-state index is 0.270. The highest BCUT2D eigenvalue weighted by atomic mass is 16.5. The summed E-state index contributed by atoms with van der Waals surface area (Å²) in [5.74, 6) is 0. The molecule has 1 saturated carbocycles. The Morgan fingerprint density at radius 1 is 1.50 bits per heavy atom. The van der Waals surface area contributed by atoms with Gasteiger partial charge in [-0.3, -0.25) is 0 Å². The molecule has 1 fully saturated rings. The molecule has 0 amide bonds. The van der Waals surface area contributed by atoms with Crippen LogP contribution in [0.2, 0.25) is 0 Å². The van der Waals surface area contributed by atoms with Gasteiger partial charge in [0.15, 0.2) is 0 Å². The zero-order valence-electron chi connectivity index (χ0n) is 9.38. The summed E-state index contributed by atoms with van der Waals surface area (Å²) in [6.45, 7) is 8.48. The van der Waals surface area contributed by atoms with Gasteiger partial charge in [0.1, 0.15) is 0 Å². The van der Waals surface area contributed by atoms with Gasteiger partial charge in [-0.05, 0) is 33.1 Å². The second kappa shape index (κ2) is 4.94. The summed E-state index contributed by atoms with van der Waals surface area (Å²) < 4.78 is 5.76. The van der Waals surface area contributed by atoms with Crippen LogP contribution in [0.3, 0.4) is 0 Å². The van der Waals surface area contributed by atoms with Gasteiger partial charge >= 0.3 is 0 Å². The molecule has 0 aromatic rings. The minimum Gasteiger partial charge on any atom is -0.390 e. The van der Waals surface area contributed by atoms with E-state index in [9.17, 15) is 5.11 Å². The molecule has 2 nitrogen and oxygen atoms in total. The Morgan fingerprint density at radius 2 is 2.07 bits per heavy atom. The third-order valence-electron chi connectivity index (χ3n) is 3.03. The fourth-order valence-corrected chi connectivity index (χ4v) is 2.35. The number of hydrogen-bond acceptors (Lipinski definition) is 2. The molecule has 2 heteroatoms. The van der Waals surface area contributed by atoms with Crippen molar-refractivity contribution in [3.05, 3.63) is 12.2 Å². The number of ether oxygens (including phenoxy) is 1. The lowest BCUT2D eigenvalue weighted by Crippen LogP contribution is -2.42. The lowest BCUT2D eigenvalue weighted by Gasteiger charge is -2.34. The van der Waals surface area contributed by atoms with Crippen LogP contribution in [-0.2, 0) is 4.74 Å². The van der Waals surface area contributed by atoms with Crippen LogP contribution in [0.4, 0.5) is 0 Å². The highest BCUT2D eigenvalue weighted by Crippen LogP contribution is 2.37. The molecule has 1 N–H and O–H groups in total. The normalized spacial score (nSPS) is 22.2. The highest BCUT2D eigenvalue weighted by Gasteiger charge is 2.41. The summed E-state index contributed by atoms with van der Waals surface area (Å²) in [6.07, 6.45) is 4.63. The molecule has 14 heavy (non-hydrogen) atoms. The molecule has 0 radical (unpaired) electrons. The first-order chi connectivity index (χ1) is 6.60. The van der Waals surface area contributed by atoms with Crippen molar-refractivity contribution in [3.8, 4) is 0 Å². The fourth-order valence-electron chi connectivity index (χ4n) is 2.35. The van der Waals surface area contributed by atoms with E-state index in [2.05, 4.69) is 6.58 Å². The van der Waals surface area contributed by atoms with Gasteiger partial charge in [-0.25, -0.2) is 0 Å². The molecule has 1 aliphatic carbocycles. The Labute approximate surface area is 87.0 Å². The maximum atomic E-state index is 10.1. The van der Waals surface area contributed by atoms with E-state index in [0.29, 0.717) is 13.0 Å². The smallest absolute Gasteiger partial charge is 0.0943 e. The molecule has 1 aliphatic rings. The van der Waals surface area contributed by atoms with Crippen molar-refractivity contribution in [3.63, 3.8) is 0 Å². The molecule has 82 valence electrons. The van der Waals surface area contributed by atoms with Crippen LogP contribution in [0.5, 0.6) is 0 Å². The van der Waals surface area contributed by atoms with E-state index >= 15 is 0 Å². The van der Waals surface area contributed by atoms with Gasteiger partial charge in [0.2, 0.25) is 0 Å². The van der Waals surface area contributed by atoms with E-state index in [0.717, 1.165) is 18.4 Å². The van der Waals surface area contributed by atoms with E-state index in [4.69, 9.17) is 4.74 Å². The highest BCUT2D eigenvalue weighted by molar-refractivity contribution is 5.00. The summed E-state index contributed by atoms with van der Waals surface area (Å²) in [4.78, 5) is 0. The maximum absolute atomic E-state index is 10.1. The van der Waals surface area contributed by atoms with Crippen molar-refractivity contribution in [2.75, 3.05) is 6.61 Å². The van der Waals surface area contributed by atoms with E-state index in [1.807, 2.05) is 13.8 Å². The summed E-state index contributed by atoms with van der Waals surface area (Å²) in [6, 6.07) is 0. The van der Waals surface area contributed by atoms with E-state index in [-0.39, 0.29) is 11.7 Å². The SMILES string of the molecule is C=C(C)CC(O)C1(OCC)CCCC1. The van der Waals surface area contributed by atoms with Crippen molar-refractivity contribution in [1.82, 2.24) is 0 Å². The van der Waals surface area contributed by atoms with Gasteiger partial charge in [0.05, 0.1) is 11.7 Å². The van der Waals surface area contributed by atoms with Gasteiger partial charge in [0.25, 0.3) is 0 Å². The standard InChI is InChI=1S/C12H22O2/c1-4-14-12(7-5-6-8-12)11(13)9-10(2)3/h11,13H,2,4-9H2,1,3H3. The molecule has 0 aliphatic heterocycles. The van der Waals surface area contributed by atoms with Crippen molar-refractivity contribution >= 4 is 0 Å². The summed E-state index contributed by atoms with van der Waals surface area (Å²) in [5, 5.41) is 10.1. The quantitative estimate of drug-likeness (QED) is 0.688. The predicted octanol–water partition coefficient (Wildman–Crippen LogP) is 2.66. The zero-order chi connectivity index (χ0) is 10.6. The molecule has 0 saturated heterocycles. The molecule has 0 aromatic carbocycles. The molecular weight excluding hydrogens is 176 g/mol. The Hall–Kier alpha value is -0.340. The molecule has 1 unspecified atom stereocenters. The van der Waals surface area contributed by atoms with E-state index in [1.165, 1.54) is 12.8 Å². The molecule has 1 rings (SSSR count). The lowest BCUT2D eigenvalue weighted by molar-refractivity contribution is -0.115. The number of aliphatic hydroxyl groups is 1. The topological polar surface area (TPSA) is 29.5 Å². The average Bonchev–Trinajstić information content (AvgIpc) is 2.53. The first-order valence-electron chi connectivity index (χ1n) is 5.57. The minimum atomic E-state index is -0.373. The van der Waals surface area contributed by atoms with Gasteiger partial charge < -0.3 is 9.84 Å². The van der Waals surface area contributed by atoms with Crippen LogP contribution in [0.1, 0.15) is 46.0 Å². The third kappa shape index (κ3) is 2.58. The van der Waals surface area contributed by atoms with Crippen molar-refractivity contribution in [1.29, 1.82) is 0 Å². The average molecular weight is 198 g/mol. The van der Waals surface area contributed by atoms with Crippen LogP contribution in [-0.4, -0.2) is 23.4 Å². The third-order valence-corrected chi connectivity index (χ3v) is 3.03. The summed E-state index contributed by atoms with van der Waals surface area (Å²) in [7, 11) is 0. The van der Waals surface area contributed by atoms with Crippen LogP contribution in [0.15, 0.2) is 12.2 Å². The van der Waals surface area contributed by atoms with Crippen LogP contribution in [0, 0.1) is 0 Å². The summed E-state index contributed by atoms with van der Waals surface area (Å²) >= 11 is 0. The molecule has 0 bridgehead atoms.